The molecule has 0 heterocycles. The molecule has 0 radical (unpaired) electrons. The second-order valence-corrected chi connectivity index (χ2v) is 9.27. The van der Waals surface area contributed by atoms with Gasteiger partial charge in [-0.15, -0.1) is 10.2 Å². The van der Waals surface area contributed by atoms with Crippen LogP contribution in [0.15, 0.2) is 86.7 Å². The number of fused-ring (bicyclic) bond motifs is 2. The lowest BCUT2D eigenvalue weighted by atomic mass is 10.1. The fourth-order valence-electron chi connectivity index (χ4n) is 3.35. The van der Waals surface area contributed by atoms with Gasteiger partial charge < -0.3 is 5.11 Å². The van der Waals surface area contributed by atoms with Gasteiger partial charge in [-0.25, -0.2) is 0 Å². The molecule has 0 saturated carbocycles. The maximum atomic E-state index is 12.2. The van der Waals surface area contributed by atoms with Crippen molar-refractivity contribution in [2.45, 2.75) is 9.79 Å². The molecular formula is C20H14N2O7S2. The third kappa shape index (κ3) is 3.75. The first kappa shape index (κ1) is 20.9. The van der Waals surface area contributed by atoms with Crippen molar-refractivity contribution in [3.8, 4) is 5.75 Å². The van der Waals surface area contributed by atoms with Crippen LogP contribution in [0.5, 0.6) is 5.75 Å². The number of phenols is 1. The van der Waals surface area contributed by atoms with Crippen LogP contribution in [0.4, 0.5) is 11.4 Å². The Bertz CT molecular complexity index is 1590. The first-order valence-electron chi connectivity index (χ1n) is 8.71. The Morgan fingerprint density at radius 1 is 0.613 bits per heavy atom. The molecule has 0 amide bonds. The van der Waals surface area contributed by atoms with E-state index in [0.717, 1.165) is 5.39 Å². The van der Waals surface area contributed by atoms with E-state index >= 15 is 0 Å². The van der Waals surface area contributed by atoms with Gasteiger partial charge in [-0.2, -0.15) is 16.8 Å². The van der Waals surface area contributed by atoms with Crippen LogP contribution in [0.1, 0.15) is 0 Å². The summed E-state index contributed by atoms with van der Waals surface area (Å²) >= 11 is 0. The lowest BCUT2D eigenvalue weighted by Gasteiger charge is -2.13. The van der Waals surface area contributed by atoms with Crippen molar-refractivity contribution in [3.63, 3.8) is 0 Å². The lowest BCUT2D eigenvalue weighted by molar-refractivity contribution is 0.447. The van der Waals surface area contributed by atoms with Crippen molar-refractivity contribution in [2.24, 2.45) is 10.2 Å². The Morgan fingerprint density at radius 2 is 1.16 bits per heavy atom. The highest BCUT2D eigenvalue weighted by Crippen LogP contribution is 2.45. The summed E-state index contributed by atoms with van der Waals surface area (Å²) in [6, 6.07) is 17.5. The number of phenolic OH excluding ortho intramolecular Hbond substituents is 1. The zero-order valence-electron chi connectivity index (χ0n) is 15.5. The van der Waals surface area contributed by atoms with Crippen molar-refractivity contribution in [2.75, 3.05) is 0 Å². The second kappa shape index (κ2) is 7.39. The van der Waals surface area contributed by atoms with Gasteiger partial charge in [0.1, 0.15) is 16.3 Å². The molecule has 4 aromatic rings. The monoisotopic (exact) mass is 458 g/mol. The minimum absolute atomic E-state index is 0.193. The standard InChI is InChI=1S/C20H14N2O7S2/c23-18-14-9-3-4-10-15(14)19(30(24,25)26)17(20(18)31(27,28)29)22-21-16-11-5-7-12-6-1-2-8-13(12)16/h1-11,23H,(H,24,25,26)(H,27,28,29). The summed E-state index contributed by atoms with van der Waals surface area (Å²) < 4.78 is 68.0. The molecule has 4 rings (SSSR count). The molecule has 0 unspecified atom stereocenters. The molecule has 3 N–H and O–H groups in total. The Hall–Kier alpha value is -3.38. The van der Waals surface area contributed by atoms with Crippen LogP contribution < -0.4 is 0 Å². The minimum atomic E-state index is -5.16. The molecule has 0 spiro atoms. The van der Waals surface area contributed by atoms with E-state index in [4.69, 9.17) is 0 Å². The van der Waals surface area contributed by atoms with Crippen molar-refractivity contribution >= 4 is 53.2 Å². The van der Waals surface area contributed by atoms with Crippen LogP contribution in [0.2, 0.25) is 0 Å². The Labute approximate surface area is 176 Å². The van der Waals surface area contributed by atoms with E-state index in [0.29, 0.717) is 5.39 Å². The topological polar surface area (TPSA) is 154 Å². The second-order valence-electron chi connectivity index (χ2n) is 6.55. The number of rotatable bonds is 4. The van der Waals surface area contributed by atoms with E-state index in [1.165, 1.54) is 24.3 Å². The van der Waals surface area contributed by atoms with Gasteiger partial charge in [0.2, 0.25) is 0 Å². The predicted molar refractivity (Wildman–Crippen MR) is 113 cm³/mol. The van der Waals surface area contributed by atoms with Crippen molar-refractivity contribution < 1.29 is 31.0 Å². The van der Waals surface area contributed by atoms with Crippen molar-refractivity contribution in [1.82, 2.24) is 0 Å². The number of hydrogen-bond acceptors (Lipinski definition) is 7. The molecule has 9 nitrogen and oxygen atoms in total. The zero-order valence-corrected chi connectivity index (χ0v) is 17.2. The smallest absolute Gasteiger partial charge is 0.300 e. The fourth-order valence-corrected chi connectivity index (χ4v) is 5.00. The molecule has 31 heavy (non-hydrogen) atoms. The van der Waals surface area contributed by atoms with Crippen molar-refractivity contribution in [3.05, 3.63) is 66.7 Å². The summed E-state index contributed by atoms with van der Waals surface area (Å²) in [5.74, 6) is -0.919. The molecule has 11 heteroatoms. The first-order chi connectivity index (χ1) is 14.6. The predicted octanol–water partition coefficient (Wildman–Crippen LogP) is 4.61. The first-order valence-corrected chi connectivity index (χ1v) is 11.6. The zero-order chi connectivity index (χ0) is 22.4. The molecule has 0 aliphatic rings. The van der Waals surface area contributed by atoms with Gasteiger partial charge in [0.25, 0.3) is 10.1 Å². The van der Waals surface area contributed by atoms with E-state index in [1.807, 2.05) is 12.1 Å². The van der Waals surface area contributed by atoms with Crippen LogP contribution in [-0.4, -0.2) is 31.0 Å². The fraction of sp³-hybridized carbons (Fsp3) is 0. The van der Waals surface area contributed by atoms with E-state index in [9.17, 15) is 31.0 Å². The summed E-state index contributed by atoms with van der Waals surface area (Å²) in [7, 11) is -10.2. The van der Waals surface area contributed by atoms with E-state index in [-0.39, 0.29) is 16.5 Å². The van der Waals surface area contributed by atoms with E-state index in [2.05, 4.69) is 10.2 Å². The Morgan fingerprint density at radius 3 is 1.81 bits per heavy atom. The molecule has 0 fully saturated rings. The average molecular weight is 458 g/mol. The largest absolute Gasteiger partial charge is 0.506 e. The van der Waals surface area contributed by atoms with Crippen LogP contribution in [0.3, 0.4) is 0 Å². The number of azo groups is 1. The summed E-state index contributed by atoms with van der Waals surface area (Å²) in [6.45, 7) is 0. The molecule has 4 aromatic carbocycles. The average Bonchev–Trinajstić information content (AvgIpc) is 2.70. The van der Waals surface area contributed by atoms with Crippen LogP contribution in [-0.2, 0) is 20.2 Å². The number of benzene rings is 4. The lowest BCUT2D eigenvalue weighted by Crippen LogP contribution is -2.06. The van der Waals surface area contributed by atoms with Gasteiger partial charge >= 0.3 is 10.1 Å². The quantitative estimate of drug-likeness (QED) is 0.298. The van der Waals surface area contributed by atoms with E-state index in [1.54, 1.807) is 30.3 Å². The van der Waals surface area contributed by atoms with Gasteiger partial charge in [0, 0.05) is 16.2 Å². The highest BCUT2D eigenvalue weighted by molar-refractivity contribution is 7.87. The van der Waals surface area contributed by atoms with Gasteiger partial charge in [-0.05, 0) is 11.5 Å². The van der Waals surface area contributed by atoms with Crippen LogP contribution >= 0.6 is 0 Å². The third-order valence-corrected chi connectivity index (χ3v) is 6.44. The normalized spacial score (nSPS) is 12.7. The van der Waals surface area contributed by atoms with Gasteiger partial charge in [-0.1, -0.05) is 60.7 Å². The number of hydrogen-bond donors (Lipinski definition) is 3. The molecule has 0 aliphatic carbocycles. The highest BCUT2D eigenvalue weighted by atomic mass is 32.2. The van der Waals surface area contributed by atoms with Gasteiger partial charge in [0.05, 0.1) is 5.69 Å². The van der Waals surface area contributed by atoms with E-state index < -0.39 is 41.5 Å². The summed E-state index contributed by atoms with van der Waals surface area (Å²) in [5, 5.41) is 19.3. The summed E-state index contributed by atoms with van der Waals surface area (Å²) in [6.07, 6.45) is 0. The van der Waals surface area contributed by atoms with Crippen LogP contribution in [0.25, 0.3) is 21.5 Å². The Kier molecular flexibility index (Phi) is 4.98. The highest BCUT2D eigenvalue weighted by Gasteiger charge is 2.32. The minimum Gasteiger partial charge on any atom is -0.506 e. The molecule has 0 aromatic heterocycles. The maximum absolute atomic E-state index is 12.2. The van der Waals surface area contributed by atoms with Crippen LogP contribution in [0, 0.1) is 0 Å². The Balaban J connectivity index is 2.13. The van der Waals surface area contributed by atoms with Gasteiger partial charge in [0.15, 0.2) is 4.90 Å². The molecular weight excluding hydrogens is 444 g/mol. The molecule has 0 aliphatic heterocycles. The number of nitrogens with zero attached hydrogens (tertiary/aromatic N) is 2. The number of aromatic hydroxyl groups is 1. The molecule has 158 valence electrons. The maximum Gasteiger partial charge on any atom is 0.300 e. The molecule has 0 saturated heterocycles. The molecule has 0 bridgehead atoms. The summed E-state index contributed by atoms with van der Waals surface area (Å²) in [4.78, 5) is -2.08. The summed E-state index contributed by atoms with van der Waals surface area (Å²) in [5.41, 5.74) is -0.637. The third-order valence-electron chi connectivity index (χ3n) is 4.61. The van der Waals surface area contributed by atoms with Crippen molar-refractivity contribution in [1.29, 1.82) is 0 Å². The molecule has 0 atom stereocenters. The van der Waals surface area contributed by atoms with Gasteiger partial charge in [-0.3, -0.25) is 9.11 Å². The SMILES string of the molecule is O=S(=O)(O)c1c(N=Nc2cccc3ccccc23)c(S(=O)(=O)O)c2ccccc2c1O.